The van der Waals surface area contributed by atoms with E-state index >= 15 is 0 Å². The second-order valence-electron chi connectivity index (χ2n) is 5.28. The van der Waals surface area contributed by atoms with E-state index in [1.165, 1.54) is 6.07 Å². The summed E-state index contributed by atoms with van der Waals surface area (Å²) in [6, 6.07) is 9.42. The standard InChI is InChI=1S/C16H12N4O5/c17-16(23)19-12-7-6-10(20(24)25)8-11(12)13(15(19)22)18-14(21)9-4-2-1-3-5-9/h1-8,13H,(H2,17,23)(H,18,21). The monoisotopic (exact) mass is 340 g/mol. The van der Waals surface area contributed by atoms with Gasteiger partial charge in [-0.3, -0.25) is 19.7 Å². The summed E-state index contributed by atoms with van der Waals surface area (Å²) in [6.45, 7) is 0. The molecule has 2 aromatic rings. The minimum absolute atomic E-state index is 0.112. The Hall–Kier alpha value is -3.75. The Morgan fingerprint density at radius 2 is 1.84 bits per heavy atom. The first-order chi connectivity index (χ1) is 11.9. The molecule has 9 heteroatoms. The Morgan fingerprint density at radius 3 is 2.44 bits per heavy atom. The third-order valence-electron chi connectivity index (χ3n) is 3.77. The molecule has 3 N–H and O–H groups in total. The maximum absolute atomic E-state index is 12.5. The zero-order chi connectivity index (χ0) is 18.1. The van der Waals surface area contributed by atoms with Gasteiger partial charge in [0, 0.05) is 23.3 Å². The lowest BCUT2D eigenvalue weighted by Crippen LogP contribution is -2.42. The van der Waals surface area contributed by atoms with Crippen molar-refractivity contribution in [3.63, 3.8) is 0 Å². The predicted octanol–water partition coefficient (Wildman–Crippen LogP) is 1.49. The SMILES string of the molecule is NC(=O)N1C(=O)C(NC(=O)c2ccccc2)c2cc([N+](=O)[O-])ccc21. The predicted molar refractivity (Wildman–Crippen MR) is 86.8 cm³/mol. The number of rotatable bonds is 3. The van der Waals surface area contributed by atoms with Crippen LogP contribution in [0.3, 0.4) is 0 Å². The number of fused-ring (bicyclic) bond motifs is 1. The van der Waals surface area contributed by atoms with Crippen LogP contribution in [-0.2, 0) is 4.79 Å². The van der Waals surface area contributed by atoms with Crippen molar-refractivity contribution in [3.05, 3.63) is 69.8 Å². The molecule has 1 atom stereocenters. The van der Waals surface area contributed by atoms with Gasteiger partial charge < -0.3 is 11.1 Å². The van der Waals surface area contributed by atoms with Gasteiger partial charge >= 0.3 is 6.03 Å². The molecule has 0 radical (unpaired) electrons. The lowest BCUT2D eigenvalue weighted by molar-refractivity contribution is -0.384. The number of anilines is 1. The normalized spacial score (nSPS) is 15.6. The molecule has 1 aliphatic rings. The van der Waals surface area contributed by atoms with Gasteiger partial charge in [0.2, 0.25) is 0 Å². The number of benzene rings is 2. The van der Waals surface area contributed by atoms with Gasteiger partial charge in [-0.15, -0.1) is 0 Å². The highest BCUT2D eigenvalue weighted by Gasteiger charge is 2.42. The Balaban J connectivity index is 2.01. The summed E-state index contributed by atoms with van der Waals surface area (Å²) >= 11 is 0. The van der Waals surface area contributed by atoms with Crippen LogP contribution in [0, 0.1) is 10.1 Å². The number of nitrogens with two attached hydrogens (primary N) is 1. The van der Waals surface area contributed by atoms with Crippen molar-refractivity contribution in [2.24, 2.45) is 5.73 Å². The summed E-state index contributed by atoms with van der Waals surface area (Å²) in [5.41, 5.74) is 5.52. The molecule has 0 bridgehead atoms. The van der Waals surface area contributed by atoms with Gasteiger partial charge in [0.05, 0.1) is 10.6 Å². The second-order valence-corrected chi connectivity index (χ2v) is 5.28. The van der Waals surface area contributed by atoms with Crippen LogP contribution in [0.4, 0.5) is 16.2 Å². The van der Waals surface area contributed by atoms with E-state index in [0.717, 1.165) is 12.1 Å². The van der Waals surface area contributed by atoms with E-state index in [4.69, 9.17) is 5.73 Å². The zero-order valence-electron chi connectivity index (χ0n) is 12.7. The quantitative estimate of drug-likeness (QED) is 0.644. The number of nitro groups is 1. The fourth-order valence-corrected chi connectivity index (χ4v) is 2.64. The highest BCUT2D eigenvalue weighted by molar-refractivity contribution is 6.21. The smallest absolute Gasteiger partial charge is 0.326 e. The number of nitrogens with zero attached hydrogens (tertiary/aromatic N) is 2. The minimum atomic E-state index is -1.24. The van der Waals surface area contributed by atoms with Gasteiger partial charge in [0.1, 0.15) is 6.04 Å². The van der Waals surface area contributed by atoms with E-state index in [2.05, 4.69) is 5.32 Å². The fraction of sp³-hybridized carbons (Fsp3) is 0.0625. The van der Waals surface area contributed by atoms with Crippen LogP contribution < -0.4 is 16.0 Å². The van der Waals surface area contributed by atoms with E-state index in [1.54, 1.807) is 30.3 Å². The molecule has 3 rings (SSSR count). The molecule has 25 heavy (non-hydrogen) atoms. The maximum Gasteiger partial charge on any atom is 0.326 e. The second kappa shape index (κ2) is 6.04. The molecule has 0 spiro atoms. The highest BCUT2D eigenvalue weighted by atomic mass is 16.6. The van der Waals surface area contributed by atoms with Crippen LogP contribution in [0.1, 0.15) is 22.0 Å². The number of primary amides is 1. The first kappa shape index (κ1) is 16.1. The van der Waals surface area contributed by atoms with Crippen LogP contribution in [0.15, 0.2) is 48.5 Å². The first-order valence-corrected chi connectivity index (χ1v) is 7.18. The molecule has 0 saturated heterocycles. The molecule has 0 saturated carbocycles. The number of carbonyl (C=O) groups is 3. The number of nitrogens with one attached hydrogen (secondary N) is 1. The van der Waals surface area contributed by atoms with Crippen molar-refractivity contribution >= 4 is 29.2 Å². The summed E-state index contributed by atoms with van der Waals surface area (Å²) in [4.78, 5) is 47.4. The van der Waals surface area contributed by atoms with Gasteiger partial charge in [-0.1, -0.05) is 18.2 Å². The number of imide groups is 1. The number of non-ortho nitro benzene ring substituents is 1. The van der Waals surface area contributed by atoms with Crippen LogP contribution in [0.25, 0.3) is 0 Å². The molecular weight excluding hydrogens is 328 g/mol. The van der Waals surface area contributed by atoms with Crippen molar-refractivity contribution in [2.75, 3.05) is 4.90 Å². The number of urea groups is 1. The topological polar surface area (TPSA) is 136 Å². The lowest BCUT2D eigenvalue weighted by atomic mass is 10.1. The van der Waals surface area contributed by atoms with Gasteiger partial charge in [0.15, 0.2) is 0 Å². The van der Waals surface area contributed by atoms with E-state index in [9.17, 15) is 24.5 Å². The van der Waals surface area contributed by atoms with E-state index in [-0.39, 0.29) is 16.9 Å². The molecule has 4 amide bonds. The average Bonchev–Trinajstić information content (AvgIpc) is 2.87. The molecule has 126 valence electrons. The Labute approximate surface area is 141 Å². The van der Waals surface area contributed by atoms with Crippen molar-refractivity contribution < 1.29 is 19.3 Å². The van der Waals surface area contributed by atoms with Crippen molar-refractivity contribution in [3.8, 4) is 0 Å². The summed E-state index contributed by atoms with van der Waals surface area (Å²) < 4.78 is 0. The number of hydrogen-bond donors (Lipinski definition) is 2. The summed E-state index contributed by atoms with van der Waals surface area (Å²) in [6.07, 6.45) is 0. The molecule has 0 fully saturated rings. The van der Waals surface area contributed by atoms with Crippen molar-refractivity contribution in [1.29, 1.82) is 0 Å². The van der Waals surface area contributed by atoms with E-state index < -0.39 is 28.8 Å². The van der Waals surface area contributed by atoms with Gasteiger partial charge in [-0.2, -0.15) is 0 Å². The van der Waals surface area contributed by atoms with Gasteiger partial charge in [-0.05, 0) is 18.2 Å². The van der Waals surface area contributed by atoms with Gasteiger partial charge in [-0.25, -0.2) is 9.69 Å². The van der Waals surface area contributed by atoms with E-state index in [1.807, 2.05) is 0 Å². The van der Waals surface area contributed by atoms with E-state index in [0.29, 0.717) is 10.5 Å². The molecule has 1 aliphatic heterocycles. The number of amides is 4. The third kappa shape index (κ3) is 2.78. The molecule has 0 aromatic heterocycles. The van der Waals surface area contributed by atoms with Crippen molar-refractivity contribution in [2.45, 2.75) is 6.04 Å². The maximum atomic E-state index is 12.5. The molecule has 2 aromatic carbocycles. The molecular formula is C16H12N4O5. The zero-order valence-corrected chi connectivity index (χ0v) is 12.7. The third-order valence-corrected chi connectivity index (χ3v) is 3.77. The number of carbonyl (C=O) groups excluding carboxylic acids is 3. The number of nitro benzene ring substituents is 1. The largest absolute Gasteiger partial charge is 0.351 e. The van der Waals surface area contributed by atoms with Crippen LogP contribution in [0.5, 0.6) is 0 Å². The summed E-state index contributed by atoms with van der Waals surface area (Å²) in [7, 11) is 0. The Morgan fingerprint density at radius 1 is 1.16 bits per heavy atom. The molecule has 1 unspecified atom stereocenters. The highest BCUT2D eigenvalue weighted by Crippen LogP contribution is 2.38. The first-order valence-electron chi connectivity index (χ1n) is 7.18. The Kier molecular flexibility index (Phi) is 3.89. The molecule has 0 aliphatic carbocycles. The summed E-state index contributed by atoms with van der Waals surface area (Å²) in [5.74, 6) is -1.32. The van der Waals surface area contributed by atoms with Crippen LogP contribution in [0.2, 0.25) is 0 Å². The van der Waals surface area contributed by atoms with Crippen molar-refractivity contribution in [1.82, 2.24) is 5.32 Å². The molecule has 1 heterocycles. The summed E-state index contributed by atoms with van der Waals surface area (Å²) in [5, 5.41) is 13.5. The lowest BCUT2D eigenvalue weighted by Gasteiger charge is -2.13. The van der Waals surface area contributed by atoms with Gasteiger partial charge in [0.25, 0.3) is 17.5 Å². The molecule has 9 nitrogen and oxygen atoms in total. The van der Waals surface area contributed by atoms with Crippen LogP contribution in [-0.4, -0.2) is 22.8 Å². The fourth-order valence-electron chi connectivity index (χ4n) is 2.64. The Bertz CT molecular complexity index is 897. The number of hydrogen-bond acceptors (Lipinski definition) is 5. The average molecular weight is 340 g/mol. The minimum Gasteiger partial charge on any atom is -0.351 e. The van der Waals surface area contributed by atoms with Crippen LogP contribution >= 0.6 is 0 Å².